The highest BCUT2D eigenvalue weighted by Crippen LogP contribution is 2.32. The van der Waals surface area contributed by atoms with Gasteiger partial charge in [-0.2, -0.15) is 0 Å². The topological polar surface area (TPSA) is 50.4 Å². The van der Waals surface area contributed by atoms with Gasteiger partial charge in [-0.1, -0.05) is 79.7 Å². The Morgan fingerprint density at radius 3 is 2.31 bits per heavy atom. The van der Waals surface area contributed by atoms with Gasteiger partial charge in [-0.25, -0.2) is 4.79 Å². The van der Waals surface area contributed by atoms with E-state index >= 15 is 0 Å². The Morgan fingerprint density at radius 2 is 1.59 bits per heavy atom. The van der Waals surface area contributed by atoms with Gasteiger partial charge in [0.1, 0.15) is 11.5 Å². The fraction of sp³-hybridized carbons (Fsp3) is 0.192. The first-order chi connectivity index (χ1) is 14.2. The van der Waals surface area contributed by atoms with E-state index in [4.69, 9.17) is 4.42 Å². The van der Waals surface area contributed by atoms with Crippen LogP contribution in [0.4, 0.5) is 0 Å². The summed E-state index contributed by atoms with van der Waals surface area (Å²) in [5.74, 6) is 0.347. The van der Waals surface area contributed by atoms with Gasteiger partial charge in [0.05, 0.1) is 5.56 Å². The number of aryl methyl sites for hydroxylation is 2. The fourth-order valence-electron chi connectivity index (χ4n) is 3.94. The van der Waals surface area contributed by atoms with Crippen LogP contribution in [0.1, 0.15) is 41.7 Å². The highest BCUT2D eigenvalue weighted by Gasteiger charge is 2.21. The molecule has 0 bridgehead atoms. The molecule has 0 aliphatic carbocycles. The first-order valence-electron chi connectivity index (χ1n) is 10.0. The van der Waals surface area contributed by atoms with Gasteiger partial charge in [0, 0.05) is 18.4 Å². The van der Waals surface area contributed by atoms with Gasteiger partial charge >= 0.3 is 5.63 Å². The molecule has 4 rings (SSSR count). The van der Waals surface area contributed by atoms with Crippen molar-refractivity contribution in [3.63, 3.8) is 0 Å². The standard InChI is InChI=1S/C26H24O3/c1-2-23(20-9-4-3-5-10-20)25-24(27)17-22(29-26(25)28)15-13-18-12-14-19-8-6-7-11-21(19)16-18/h3-12,14,16-17,23,27H,2,13,15H2,1H3. The predicted molar refractivity (Wildman–Crippen MR) is 117 cm³/mol. The molecule has 1 aromatic heterocycles. The third-order valence-electron chi connectivity index (χ3n) is 5.45. The molecule has 3 heteroatoms. The smallest absolute Gasteiger partial charge is 0.343 e. The Labute approximate surface area is 170 Å². The van der Waals surface area contributed by atoms with Crippen molar-refractivity contribution in [3.05, 3.63) is 112 Å². The molecule has 0 aliphatic heterocycles. The molecule has 1 N–H and O–H groups in total. The number of aromatic hydroxyl groups is 1. The molecule has 0 saturated carbocycles. The predicted octanol–water partition coefficient (Wildman–Crippen LogP) is 5.83. The second kappa shape index (κ2) is 8.36. The summed E-state index contributed by atoms with van der Waals surface area (Å²) in [5, 5.41) is 13.0. The second-order valence-corrected chi connectivity index (χ2v) is 7.35. The lowest BCUT2D eigenvalue weighted by molar-refractivity contribution is 0.406. The van der Waals surface area contributed by atoms with Crippen molar-refractivity contribution in [1.29, 1.82) is 0 Å². The summed E-state index contributed by atoms with van der Waals surface area (Å²) in [4.78, 5) is 12.7. The van der Waals surface area contributed by atoms with Crippen LogP contribution in [0.3, 0.4) is 0 Å². The van der Waals surface area contributed by atoms with Crippen LogP contribution in [0.5, 0.6) is 5.75 Å². The number of hydrogen-bond acceptors (Lipinski definition) is 3. The SMILES string of the molecule is CCC(c1ccccc1)c1c(O)cc(CCc2ccc3ccccc3c2)oc1=O. The fourth-order valence-corrected chi connectivity index (χ4v) is 3.94. The maximum absolute atomic E-state index is 12.7. The third kappa shape index (κ3) is 4.09. The molecule has 29 heavy (non-hydrogen) atoms. The average Bonchev–Trinajstić information content (AvgIpc) is 2.75. The second-order valence-electron chi connectivity index (χ2n) is 7.35. The molecular formula is C26H24O3. The summed E-state index contributed by atoms with van der Waals surface area (Å²) in [6.45, 7) is 2.00. The van der Waals surface area contributed by atoms with E-state index in [0.717, 1.165) is 12.0 Å². The Morgan fingerprint density at radius 1 is 0.862 bits per heavy atom. The lowest BCUT2D eigenvalue weighted by atomic mass is 9.89. The third-order valence-corrected chi connectivity index (χ3v) is 5.45. The zero-order valence-corrected chi connectivity index (χ0v) is 16.5. The Bertz CT molecular complexity index is 1180. The maximum atomic E-state index is 12.7. The monoisotopic (exact) mass is 384 g/mol. The van der Waals surface area contributed by atoms with Crippen LogP contribution in [0.25, 0.3) is 10.8 Å². The van der Waals surface area contributed by atoms with Crippen LogP contribution < -0.4 is 5.63 Å². The summed E-state index contributed by atoms with van der Waals surface area (Å²) < 4.78 is 5.59. The molecule has 3 aromatic carbocycles. The van der Waals surface area contributed by atoms with E-state index in [1.165, 1.54) is 16.3 Å². The van der Waals surface area contributed by atoms with Gasteiger partial charge in [0.25, 0.3) is 0 Å². The normalized spacial score (nSPS) is 12.2. The summed E-state index contributed by atoms with van der Waals surface area (Å²) in [5.41, 5.74) is 2.06. The number of rotatable bonds is 6. The summed E-state index contributed by atoms with van der Waals surface area (Å²) in [6, 6.07) is 26.0. The molecule has 4 aromatic rings. The van der Waals surface area contributed by atoms with Gasteiger partial charge in [0.15, 0.2) is 0 Å². The lowest BCUT2D eigenvalue weighted by Crippen LogP contribution is -2.15. The van der Waals surface area contributed by atoms with Crippen molar-refractivity contribution >= 4 is 10.8 Å². The van der Waals surface area contributed by atoms with Gasteiger partial charge in [-0.15, -0.1) is 0 Å². The number of benzene rings is 3. The summed E-state index contributed by atoms with van der Waals surface area (Å²) in [6.07, 6.45) is 2.00. The maximum Gasteiger partial charge on any atom is 0.343 e. The van der Waals surface area contributed by atoms with Gasteiger partial charge in [-0.3, -0.25) is 0 Å². The van der Waals surface area contributed by atoms with E-state index in [0.29, 0.717) is 24.2 Å². The van der Waals surface area contributed by atoms with Crippen LogP contribution >= 0.6 is 0 Å². The molecular weight excluding hydrogens is 360 g/mol. The first kappa shape index (κ1) is 19.0. The van der Waals surface area contributed by atoms with Gasteiger partial charge in [-0.05, 0) is 34.7 Å². The highest BCUT2D eigenvalue weighted by molar-refractivity contribution is 5.82. The van der Waals surface area contributed by atoms with Crippen LogP contribution in [0.15, 0.2) is 88.1 Å². The quantitative estimate of drug-likeness (QED) is 0.455. The van der Waals surface area contributed by atoms with Crippen molar-refractivity contribution in [2.45, 2.75) is 32.1 Å². The lowest BCUT2D eigenvalue weighted by Gasteiger charge is -2.16. The van der Waals surface area contributed by atoms with Gasteiger partial charge < -0.3 is 9.52 Å². The van der Waals surface area contributed by atoms with E-state index in [1.54, 1.807) is 6.07 Å². The molecule has 1 heterocycles. The minimum Gasteiger partial charge on any atom is -0.507 e. The zero-order chi connectivity index (χ0) is 20.2. The van der Waals surface area contributed by atoms with E-state index in [2.05, 4.69) is 30.3 Å². The minimum absolute atomic E-state index is 0.0189. The highest BCUT2D eigenvalue weighted by atomic mass is 16.4. The van der Waals surface area contributed by atoms with Crippen molar-refractivity contribution in [3.8, 4) is 5.75 Å². The summed E-state index contributed by atoms with van der Waals surface area (Å²) in [7, 11) is 0. The van der Waals surface area contributed by atoms with Crippen molar-refractivity contribution < 1.29 is 9.52 Å². The molecule has 1 atom stereocenters. The largest absolute Gasteiger partial charge is 0.507 e. The number of fused-ring (bicyclic) bond motifs is 1. The van der Waals surface area contributed by atoms with Crippen LogP contribution in [-0.2, 0) is 12.8 Å². The molecule has 0 saturated heterocycles. The molecule has 3 nitrogen and oxygen atoms in total. The van der Waals surface area contributed by atoms with Crippen molar-refractivity contribution in [1.82, 2.24) is 0 Å². The van der Waals surface area contributed by atoms with Crippen LogP contribution in [0, 0.1) is 0 Å². The molecule has 0 aliphatic rings. The number of hydrogen-bond donors (Lipinski definition) is 1. The molecule has 1 unspecified atom stereocenters. The van der Waals surface area contributed by atoms with Crippen molar-refractivity contribution in [2.75, 3.05) is 0 Å². The summed E-state index contributed by atoms with van der Waals surface area (Å²) >= 11 is 0. The first-order valence-corrected chi connectivity index (χ1v) is 10.0. The van der Waals surface area contributed by atoms with E-state index in [-0.39, 0.29) is 11.7 Å². The van der Waals surface area contributed by atoms with E-state index in [9.17, 15) is 9.90 Å². The molecule has 0 spiro atoms. The minimum atomic E-state index is -0.450. The molecule has 0 fully saturated rings. The molecule has 146 valence electrons. The molecule has 0 amide bonds. The Hall–Kier alpha value is -3.33. The van der Waals surface area contributed by atoms with Crippen molar-refractivity contribution in [2.24, 2.45) is 0 Å². The van der Waals surface area contributed by atoms with E-state index in [1.807, 2.05) is 49.4 Å². The average molecular weight is 384 g/mol. The van der Waals surface area contributed by atoms with Crippen LogP contribution in [0.2, 0.25) is 0 Å². The Balaban J connectivity index is 1.57. The van der Waals surface area contributed by atoms with Crippen LogP contribution in [-0.4, -0.2) is 5.11 Å². The van der Waals surface area contributed by atoms with Gasteiger partial charge in [0.2, 0.25) is 0 Å². The zero-order valence-electron chi connectivity index (χ0n) is 16.5. The van der Waals surface area contributed by atoms with E-state index < -0.39 is 5.63 Å². The Kier molecular flexibility index (Phi) is 5.48. The molecule has 0 radical (unpaired) electrons.